The van der Waals surface area contributed by atoms with E-state index in [2.05, 4.69) is 0 Å². The molecular weight excluding hydrogens is 325 g/mol. The maximum absolute atomic E-state index is 11.5. The predicted octanol–water partition coefficient (Wildman–Crippen LogP) is 5.07. The number of ether oxygens (including phenoxy) is 2. The molecule has 0 fully saturated rings. The fraction of sp³-hybridized carbons (Fsp3) is 0.188. The average Bonchev–Trinajstić information content (AvgIpc) is 2.49. The van der Waals surface area contributed by atoms with E-state index in [-0.39, 0.29) is 21.8 Å². The van der Waals surface area contributed by atoms with E-state index >= 15 is 0 Å². The van der Waals surface area contributed by atoms with Gasteiger partial charge in [0.2, 0.25) is 0 Å². The molecule has 0 saturated carbocycles. The van der Waals surface area contributed by atoms with E-state index in [9.17, 15) is 4.79 Å². The number of nitrogens with two attached hydrogens (primary N) is 1. The predicted molar refractivity (Wildman–Crippen MR) is 87.9 cm³/mol. The number of esters is 1. The van der Waals surface area contributed by atoms with Gasteiger partial charge in [0.15, 0.2) is 5.75 Å². The molecule has 0 aliphatic carbocycles. The molecule has 0 unspecified atom stereocenters. The van der Waals surface area contributed by atoms with Crippen molar-refractivity contribution in [3.8, 4) is 17.2 Å². The van der Waals surface area contributed by atoms with Gasteiger partial charge < -0.3 is 15.2 Å². The third-order valence-electron chi connectivity index (χ3n) is 2.80. The highest BCUT2D eigenvalue weighted by Gasteiger charge is 2.15. The van der Waals surface area contributed by atoms with Crippen LogP contribution in [0.5, 0.6) is 17.2 Å². The Bertz CT molecular complexity index is 672. The number of benzene rings is 2. The van der Waals surface area contributed by atoms with Crippen LogP contribution in [0.4, 0.5) is 5.69 Å². The summed E-state index contributed by atoms with van der Waals surface area (Å²) in [6.45, 7) is 1.89. The molecule has 0 amide bonds. The fourth-order valence-corrected chi connectivity index (χ4v) is 2.10. The summed E-state index contributed by atoms with van der Waals surface area (Å²) in [6.07, 6.45) is 1.01. The zero-order valence-electron chi connectivity index (χ0n) is 11.9. The van der Waals surface area contributed by atoms with Gasteiger partial charge in [0, 0.05) is 12.1 Å². The minimum Gasteiger partial charge on any atom is -0.456 e. The Labute approximate surface area is 138 Å². The number of anilines is 1. The molecule has 0 heterocycles. The summed E-state index contributed by atoms with van der Waals surface area (Å²) in [5.74, 6) is 0.803. The first-order chi connectivity index (χ1) is 10.5. The van der Waals surface area contributed by atoms with E-state index in [0.29, 0.717) is 30.0 Å². The molecule has 0 spiro atoms. The van der Waals surface area contributed by atoms with Crippen LogP contribution in [0.25, 0.3) is 0 Å². The van der Waals surface area contributed by atoms with Crippen molar-refractivity contribution in [3.63, 3.8) is 0 Å². The second kappa shape index (κ2) is 7.38. The van der Waals surface area contributed by atoms with Crippen LogP contribution in [-0.2, 0) is 4.79 Å². The summed E-state index contributed by atoms with van der Waals surface area (Å²) >= 11 is 12.3. The summed E-state index contributed by atoms with van der Waals surface area (Å²) < 4.78 is 10.8. The number of nitrogen functional groups attached to an aromatic ring is 1. The number of halogens is 2. The van der Waals surface area contributed by atoms with Crippen molar-refractivity contribution in [1.29, 1.82) is 0 Å². The van der Waals surface area contributed by atoms with Gasteiger partial charge in [-0.1, -0.05) is 30.1 Å². The fourth-order valence-electron chi connectivity index (χ4n) is 1.71. The third kappa shape index (κ3) is 4.06. The van der Waals surface area contributed by atoms with E-state index in [0.717, 1.165) is 0 Å². The smallest absolute Gasteiger partial charge is 0.311 e. The van der Waals surface area contributed by atoms with E-state index in [1.54, 1.807) is 36.4 Å². The highest BCUT2D eigenvalue weighted by Crippen LogP contribution is 2.40. The number of carbonyl (C=O) groups is 1. The summed E-state index contributed by atoms with van der Waals surface area (Å²) in [4.78, 5) is 11.5. The van der Waals surface area contributed by atoms with E-state index in [4.69, 9.17) is 38.4 Å². The SMILES string of the molecule is CCCC(=O)Oc1ccc(Oc2ccc(N)cc2)c(Cl)c1Cl. The van der Waals surface area contributed by atoms with E-state index in [1.165, 1.54) is 0 Å². The summed E-state index contributed by atoms with van der Waals surface area (Å²) in [5, 5.41) is 0.319. The lowest BCUT2D eigenvalue weighted by Gasteiger charge is -2.12. The molecule has 2 aromatic carbocycles. The van der Waals surface area contributed by atoms with Crippen LogP contribution in [0.1, 0.15) is 19.8 Å². The largest absolute Gasteiger partial charge is 0.456 e. The maximum atomic E-state index is 11.5. The molecule has 2 N–H and O–H groups in total. The molecule has 0 radical (unpaired) electrons. The third-order valence-corrected chi connectivity index (χ3v) is 3.64. The normalized spacial score (nSPS) is 10.3. The molecule has 2 rings (SSSR count). The van der Waals surface area contributed by atoms with Gasteiger partial charge in [-0.2, -0.15) is 0 Å². The van der Waals surface area contributed by atoms with Crippen LogP contribution >= 0.6 is 23.2 Å². The quantitative estimate of drug-likeness (QED) is 0.469. The Morgan fingerprint density at radius 3 is 2.27 bits per heavy atom. The average molecular weight is 340 g/mol. The Morgan fingerprint density at radius 1 is 1.05 bits per heavy atom. The van der Waals surface area contributed by atoms with Gasteiger partial charge in [-0.15, -0.1) is 0 Å². The topological polar surface area (TPSA) is 61.5 Å². The van der Waals surface area contributed by atoms with E-state index < -0.39 is 0 Å². The Hall–Kier alpha value is -1.91. The molecule has 2 aromatic rings. The second-order valence-electron chi connectivity index (χ2n) is 4.58. The first-order valence-corrected chi connectivity index (χ1v) is 7.49. The van der Waals surface area contributed by atoms with Crippen molar-refractivity contribution in [1.82, 2.24) is 0 Å². The zero-order chi connectivity index (χ0) is 16.1. The molecule has 0 aromatic heterocycles. The summed E-state index contributed by atoms with van der Waals surface area (Å²) in [7, 11) is 0. The molecular formula is C16H15Cl2NO3. The van der Waals surface area contributed by atoms with Gasteiger partial charge in [-0.25, -0.2) is 0 Å². The van der Waals surface area contributed by atoms with Gasteiger partial charge in [0.1, 0.15) is 21.5 Å². The van der Waals surface area contributed by atoms with Crippen LogP contribution < -0.4 is 15.2 Å². The van der Waals surface area contributed by atoms with Gasteiger partial charge in [-0.05, 0) is 42.8 Å². The second-order valence-corrected chi connectivity index (χ2v) is 5.34. The van der Waals surface area contributed by atoms with Crippen LogP contribution in [-0.4, -0.2) is 5.97 Å². The lowest BCUT2D eigenvalue weighted by Crippen LogP contribution is -2.07. The van der Waals surface area contributed by atoms with Gasteiger partial charge in [0.25, 0.3) is 0 Å². The monoisotopic (exact) mass is 339 g/mol. The van der Waals surface area contributed by atoms with Crippen molar-refractivity contribution >= 4 is 34.9 Å². The first-order valence-electron chi connectivity index (χ1n) is 6.73. The minimum atomic E-state index is -0.354. The minimum absolute atomic E-state index is 0.138. The van der Waals surface area contributed by atoms with Gasteiger partial charge >= 0.3 is 5.97 Å². The molecule has 0 atom stereocenters. The molecule has 116 valence electrons. The molecule has 4 nitrogen and oxygen atoms in total. The van der Waals surface area contributed by atoms with E-state index in [1.807, 2.05) is 6.92 Å². The molecule has 0 bridgehead atoms. The van der Waals surface area contributed by atoms with Crippen LogP contribution in [0.2, 0.25) is 10.0 Å². The van der Waals surface area contributed by atoms with Crippen molar-refractivity contribution < 1.29 is 14.3 Å². The van der Waals surface area contributed by atoms with Gasteiger partial charge in [-0.3, -0.25) is 4.79 Å². The van der Waals surface area contributed by atoms with Crippen LogP contribution in [0.15, 0.2) is 36.4 Å². The summed E-state index contributed by atoms with van der Waals surface area (Å²) in [6, 6.07) is 10.0. The molecule has 22 heavy (non-hydrogen) atoms. The number of rotatable bonds is 5. The van der Waals surface area contributed by atoms with Crippen molar-refractivity contribution in [2.45, 2.75) is 19.8 Å². The van der Waals surface area contributed by atoms with Crippen molar-refractivity contribution in [3.05, 3.63) is 46.4 Å². The first kappa shape index (κ1) is 16.5. The van der Waals surface area contributed by atoms with Crippen molar-refractivity contribution in [2.24, 2.45) is 0 Å². The Balaban J connectivity index is 2.19. The standard InChI is InChI=1S/C16H15Cl2NO3/c1-2-3-14(20)22-13-9-8-12(15(17)16(13)18)21-11-6-4-10(19)5-7-11/h4-9H,2-3,19H2,1H3. The molecule has 0 aliphatic heterocycles. The number of carbonyl (C=O) groups excluding carboxylic acids is 1. The number of hydrogen-bond donors (Lipinski definition) is 1. The molecule has 6 heteroatoms. The number of hydrogen-bond acceptors (Lipinski definition) is 4. The Morgan fingerprint density at radius 2 is 1.64 bits per heavy atom. The highest BCUT2D eigenvalue weighted by molar-refractivity contribution is 6.44. The zero-order valence-corrected chi connectivity index (χ0v) is 13.4. The lowest BCUT2D eigenvalue weighted by atomic mass is 10.3. The lowest BCUT2D eigenvalue weighted by molar-refractivity contribution is -0.134. The molecule has 0 aliphatic rings. The Kier molecular flexibility index (Phi) is 5.52. The highest BCUT2D eigenvalue weighted by atomic mass is 35.5. The van der Waals surface area contributed by atoms with Crippen molar-refractivity contribution in [2.75, 3.05) is 5.73 Å². The summed E-state index contributed by atoms with van der Waals surface area (Å²) in [5.41, 5.74) is 6.25. The molecule has 0 saturated heterocycles. The van der Waals surface area contributed by atoms with Crippen LogP contribution in [0, 0.1) is 0 Å². The van der Waals surface area contributed by atoms with Crippen LogP contribution in [0.3, 0.4) is 0 Å². The van der Waals surface area contributed by atoms with Gasteiger partial charge in [0.05, 0.1) is 0 Å². The maximum Gasteiger partial charge on any atom is 0.311 e.